The highest BCUT2D eigenvalue weighted by Gasteiger charge is 2.55. The van der Waals surface area contributed by atoms with E-state index < -0.39 is 6.17 Å². The largest absolute Gasteiger partial charge is 0.311 e. The van der Waals surface area contributed by atoms with Gasteiger partial charge in [0.2, 0.25) is 0 Å². The van der Waals surface area contributed by atoms with Crippen molar-refractivity contribution in [2.24, 2.45) is 0 Å². The van der Waals surface area contributed by atoms with Gasteiger partial charge in [0.25, 0.3) is 0 Å². The SMILES string of the molecule is CC1(c2nnc([C@]3(c4ccc(Br)s4)C[C@@H](F)C3)n2C2CC2)CC1. The first-order valence-electron chi connectivity index (χ1n) is 8.38. The van der Waals surface area contributed by atoms with Gasteiger partial charge in [0.15, 0.2) is 0 Å². The number of hydrogen-bond donors (Lipinski definition) is 0. The summed E-state index contributed by atoms with van der Waals surface area (Å²) in [5.41, 5.74) is -0.0703. The Morgan fingerprint density at radius 3 is 2.43 bits per heavy atom. The molecule has 5 rings (SSSR count). The van der Waals surface area contributed by atoms with E-state index in [1.54, 1.807) is 11.3 Å². The fourth-order valence-corrected chi connectivity index (χ4v) is 5.47. The number of aromatic nitrogens is 3. The minimum absolute atomic E-state index is 0.198. The van der Waals surface area contributed by atoms with E-state index in [0.29, 0.717) is 18.9 Å². The first-order chi connectivity index (χ1) is 11.0. The average molecular weight is 396 g/mol. The molecule has 0 amide bonds. The van der Waals surface area contributed by atoms with E-state index in [4.69, 9.17) is 0 Å². The van der Waals surface area contributed by atoms with Crippen LogP contribution in [0, 0.1) is 0 Å². The predicted molar refractivity (Wildman–Crippen MR) is 91.8 cm³/mol. The van der Waals surface area contributed by atoms with E-state index >= 15 is 0 Å². The van der Waals surface area contributed by atoms with Gasteiger partial charge in [-0.25, -0.2) is 4.39 Å². The highest BCUT2D eigenvalue weighted by molar-refractivity contribution is 9.11. The Bertz CT molecular complexity index is 769. The number of halogens is 2. The lowest BCUT2D eigenvalue weighted by atomic mass is 9.65. The second kappa shape index (κ2) is 4.66. The number of hydrogen-bond acceptors (Lipinski definition) is 3. The zero-order valence-corrected chi connectivity index (χ0v) is 15.5. The third-order valence-corrected chi connectivity index (χ3v) is 7.59. The van der Waals surface area contributed by atoms with Crippen molar-refractivity contribution >= 4 is 27.3 Å². The molecule has 0 radical (unpaired) electrons. The third-order valence-electron chi connectivity index (χ3n) is 5.76. The molecule has 6 heteroatoms. The topological polar surface area (TPSA) is 30.7 Å². The van der Waals surface area contributed by atoms with Crippen LogP contribution in [-0.4, -0.2) is 20.9 Å². The van der Waals surface area contributed by atoms with Crippen molar-refractivity contribution in [2.45, 2.75) is 68.5 Å². The molecule has 3 aliphatic rings. The Hall–Kier alpha value is -0.750. The number of alkyl halides is 1. The summed E-state index contributed by atoms with van der Waals surface area (Å²) < 4.78 is 17.4. The van der Waals surface area contributed by atoms with Gasteiger partial charge in [-0.1, -0.05) is 6.92 Å². The lowest BCUT2D eigenvalue weighted by Gasteiger charge is -2.43. The van der Waals surface area contributed by atoms with Gasteiger partial charge in [-0.2, -0.15) is 0 Å². The Balaban J connectivity index is 1.66. The van der Waals surface area contributed by atoms with Gasteiger partial charge in [0.05, 0.1) is 9.20 Å². The van der Waals surface area contributed by atoms with Crippen molar-refractivity contribution in [3.05, 3.63) is 32.4 Å². The van der Waals surface area contributed by atoms with Crippen molar-refractivity contribution in [1.29, 1.82) is 0 Å². The van der Waals surface area contributed by atoms with E-state index in [1.807, 2.05) is 0 Å². The zero-order chi connectivity index (χ0) is 15.8. The molecule has 3 nitrogen and oxygen atoms in total. The minimum Gasteiger partial charge on any atom is -0.311 e. The smallest absolute Gasteiger partial charge is 0.145 e. The molecule has 0 N–H and O–H groups in total. The normalized spacial score (nSPS) is 31.9. The molecule has 3 saturated carbocycles. The summed E-state index contributed by atoms with van der Waals surface area (Å²) in [5.74, 6) is 2.17. The first kappa shape index (κ1) is 14.6. The predicted octanol–water partition coefficient (Wildman–Crippen LogP) is 4.91. The minimum atomic E-state index is -0.722. The summed E-state index contributed by atoms with van der Waals surface area (Å²) in [6, 6.07) is 4.73. The van der Waals surface area contributed by atoms with Crippen LogP contribution in [0.2, 0.25) is 0 Å². The molecule has 3 aliphatic carbocycles. The highest BCUT2D eigenvalue weighted by Crippen LogP contribution is 2.56. The quantitative estimate of drug-likeness (QED) is 0.736. The summed E-state index contributed by atoms with van der Waals surface area (Å²) >= 11 is 5.26. The number of nitrogens with zero attached hydrogens (tertiary/aromatic N) is 3. The molecule has 122 valence electrons. The van der Waals surface area contributed by atoms with Gasteiger partial charge in [0, 0.05) is 16.3 Å². The molecule has 23 heavy (non-hydrogen) atoms. The van der Waals surface area contributed by atoms with Crippen molar-refractivity contribution in [3.8, 4) is 0 Å². The van der Waals surface area contributed by atoms with Crippen LogP contribution in [0.15, 0.2) is 15.9 Å². The molecule has 0 atom stereocenters. The summed E-state index contributed by atoms with van der Waals surface area (Å²) in [6.45, 7) is 2.28. The van der Waals surface area contributed by atoms with Crippen molar-refractivity contribution in [1.82, 2.24) is 14.8 Å². The van der Waals surface area contributed by atoms with Gasteiger partial charge >= 0.3 is 0 Å². The molecule has 0 aromatic carbocycles. The molecule has 0 unspecified atom stereocenters. The molecule has 2 aromatic rings. The fraction of sp³-hybridized carbons (Fsp3) is 0.647. The van der Waals surface area contributed by atoms with Crippen LogP contribution in [-0.2, 0) is 10.8 Å². The van der Waals surface area contributed by atoms with Crippen molar-refractivity contribution < 1.29 is 4.39 Å². The van der Waals surface area contributed by atoms with Crippen LogP contribution < -0.4 is 0 Å². The molecule has 0 spiro atoms. The van der Waals surface area contributed by atoms with Gasteiger partial charge in [0.1, 0.15) is 17.8 Å². The van der Waals surface area contributed by atoms with Crippen LogP contribution in [0.5, 0.6) is 0 Å². The Kier molecular flexibility index (Phi) is 2.95. The summed E-state index contributed by atoms with van der Waals surface area (Å²) in [6.07, 6.45) is 5.17. The second-order valence-corrected chi connectivity index (χ2v) is 10.2. The molecule has 2 aromatic heterocycles. The maximum atomic E-state index is 13.9. The van der Waals surface area contributed by atoms with Gasteiger partial charge in [-0.3, -0.25) is 0 Å². The maximum absolute atomic E-state index is 13.9. The van der Waals surface area contributed by atoms with Gasteiger partial charge in [-0.15, -0.1) is 21.5 Å². The Labute approximate surface area is 147 Å². The molecule has 3 fully saturated rings. The fourth-order valence-electron chi connectivity index (χ4n) is 3.88. The lowest BCUT2D eigenvalue weighted by Crippen LogP contribution is -2.45. The van der Waals surface area contributed by atoms with Crippen molar-refractivity contribution in [2.75, 3.05) is 0 Å². The molecule has 2 heterocycles. The van der Waals surface area contributed by atoms with Crippen LogP contribution >= 0.6 is 27.3 Å². The van der Waals surface area contributed by atoms with E-state index in [2.05, 4.69) is 49.8 Å². The maximum Gasteiger partial charge on any atom is 0.145 e. The molecule has 0 aliphatic heterocycles. The van der Waals surface area contributed by atoms with E-state index in [0.717, 1.165) is 15.4 Å². The Morgan fingerprint density at radius 1 is 1.22 bits per heavy atom. The van der Waals surface area contributed by atoms with Crippen LogP contribution in [0.3, 0.4) is 0 Å². The van der Waals surface area contributed by atoms with E-state index in [9.17, 15) is 4.39 Å². The summed E-state index contributed by atoms with van der Waals surface area (Å²) in [5, 5.41) is 9.24. The first-order valence-corrected chi connectivity index (χ1v) is 9.99. The highest BCUT2D eigenvalue weighted by atomic mass is 79.9. The Morgan fingerprint density at radius 2 is 1.91 bits per heavy atom. The van der Waals surface area contributed by atoms with Gasteiger partial charge < -0.3 is 4.57 Å². The monoisotopic (exact) mass is 395 g/mol. The van der Waals surface area contributed by atoms with Crippen LogP contribution in [0.4, 0.5) is 4.39 Å². The summed E-state index contributed by atoms with van der Waals surface area (Å²) in [4.78, 5) is 1.22. The number of rotatable bonds is 4. The molecule has 0 bridgehead atoms. The van der Waals surface area contributed by atoms with Crippen LogP contribution in [0.25, 0.3) is 0 Å². The van der Waals surface area contributed by atoms with Gasteiger partial charge in [-0.05, 0) is 66.6 Å². The second-order valence-electron chi connectivity index (χ2n) is 7.70. The standard InChI is InChI=1S/C17H19BrFN3S/c1-16(6-7-16)14-20-21-15(22(14)11-2-3-11)17(8-10(19)9-17)12-4-5-13(18)23-12/h4-5,10-11H,2-3,6-9H2,1H3/t10-,17-. The van der Waals surface area contributed by atoms with Crippen LogP contribution in [0.1, 0.15) is 68.0 Å². The van der Waals surface area contributed by atoms with Crippen molar-refractivity contribution in [3.63, 3.8) is 0 Å². The van der Waals surface area contributed by atoms with E-state index in [1.165, 1.54) is 30.6 Å². The molecular weight excluding hydrogens is 377 g/mol. The lowest BCUT2D eigenvalue weighted by molar-refractivity contribution is 0.116. The van der Waals surface area contributed by atoms with E-state index in [-0.39, 0.29) is 10.8 Å². The number of thiophene rings is 1. The molecular formula is C17H19BrFN3S. The average Bonchev–Trinajstić information content (AvgIpc) is 3.38. The third kappa shape index (κ3) is 2.10. The zero-order valence-electron chi connectivity index (χ0n) is 13.1. The molecule has 0 saturated heterocycles. The summed E-state index contributed by atoms with van der Waals surface area (Å²) in [7, 11) is 0.